The first-order valence-corrected chi connectivity index (χ1v) is 8.08. The summed E-state index contributed by atoms with van der Waals surface area (Å²) in [5.74, 6) is 3.05. The van der Waals surface area contributed by atoms with Gasteiger partial charge >= 0.3 is 0 Å². The maximum atomic E-state index is 4.59. The fourth-order valence-corrected chi connectivity index (χ4v) is 2.77. The topological polar surface area (TPSA) is 41.1 Å². The summed E-state index contributed by atoms with van der Waals surface area (Å²) in [4.78, 5) is 11.5. The van der Waals surface area contributed by atoms with Crippen molar-refractivity contribution in [2.75, 3.05) is 29.9 Å². The van der Waals surface area contributed by atoms with Crippen molar-refractivity contribution in [2.24, 2.45) is 5.92 Å². The van der Waals surface area contributed by atoms with Crippen molar-refractivity contribution in [3.8, 4) is 0 Å². The molecule has 2 rings (SSSR count). The van der Waals surface area contributed by atoms with Gasteiger partial charge in [0.1, 0.15) is 18.0 Å². The van der Waals surface area contributed by atoms with Gasteiger partial charge in [0.15, 0.2) is 0 Å². The highest BCUT2D eigenvalue weighted by atomic mass is 15.2. The predicted octanol–water partition coefficient (Wildman–Crippen LogP) is 3.49. The van der Waals surface area contributed by atoms with Crippen molar-refractivity contribution >= 4 is 11.6 Å². The number of piperidine rings is 1. The van der Waals surface area contributed by atoms with E-state index in [9.17, 15) is 0 Å². The number of anilines is 2. The highest BCUT2D eigenvalue weighted by Crippen LogP contribution is 2.28. The number of hydrogen-bond donors (Lipinski definition) is 1. The van der Waals surface area contributed by atoms with Gasteiger partial charge in [0.25, 0.3) is 0 Å². The normalized spacial score (nSPS) is 16.4. The van der Waals surface area contributed by atoms with E-state index in [1.54, 1.807) is 6.33 Å². The molecule has 0 bridgehead atoms. The molecule has 0 saturated carbocycles. The van der Waals surface area contributed by atoms with Crippen LogP contribution in [0.2, 0.25) is 0 Å². The van der Waals surface area contributed by atoms with E-state index in [-0.39, 0.29) is 0 Å². The van der Waals surface area contributed by atoms with Gasteiger partial charge in [-0.1, -0.05) is 27.2 Å². The van der Waals surface area contributed by atoms with E-state index in [1.165, 1.54) is 18.4 Å². The number of hydrogen-bond acceptors (Lipinski definition) is 4. The zero-order valence-corrected chi connectivity index (χ0v) is 13.2. The number of rotatable bonds is 6. The Morgan fingerprint density at radius 2 is 1.95 bits per heavy atom. The van der Waals surface area contributed by atoms with E-state index >= 15 is 0 Å². The average Bonchev–Trinajstić information content (AvgIpc) is 2.47. The number of nitrogens with one attached hydrogen (secondary N) is 1. The third-order valence-electron chi connectivity index (χ3n) is 4.05. The lowest BCUT2D eigenvalue weighted by Gasteiger charge is -2.32. The van der Waals surface area contributed by atoms with Crippen molar-refractivity contribution in [1.29, 1.82) is 0 Å². The maximum absolute atomic E-state index is 4.59. The average molecular weight is 276 g/mol. The Labute approximate surface area is 123 Å². The lowest BCUT2D eigenvalue weighted by molar-refractivity contribution is 0.436. The molecule has 112 valence electrons. The molecule has 1 N–H and O–H groups in total. The Morgan fingerprint density at radius 3 is 2.60 bits per heavy atom. The molecule has 0 spiro atoms. The minimum atomic E-state index is 0.848. The summed E-state index contributed by atoms with van der Waals surface area (Å²) in [6.07, 6.45) is 7.55. The quantitative estimate of drug-likeness (QED) is 0.863. The summed E-state index contributed by atoms with van der Waals surface area (Å²) < 4.78 is 0. The molecule has 0 aliphatic carbocycles. The van der Waals surface area contributed by atoms with E-state index in [2.05, 4.69) is 41.0 Å². The van der Waals surface area contributed by atoms with E-state index in [0.29, 0.717) is 0 Å². The monoisotopic (exact) mass is 276 g/mol. The summed E-state index contributed by atoms with van der Waals surface area (Å²) in [5.41, 5.74) is 1.30. The smallest absolute Gasteiger partial charge is 0.137 e. The molecule has 4 nitrogen and oxygen atoms in total. The molecular weight excluding hydrogens is 248 g/mol. The molecule has 0 atom stereocenters. The Balaban J connectivity index is 2.21. The fraction of sp³-hybridized carbons (Fsp3) is 0.750. The summed E-state index contributed by atoms with van der Waals surface area (Å²) in [5, 5.41) is 3.46. The zero-order chi connectivity index (χ0) is 14.4. The van der Waals surface area contributed by atoms with E-state index in [4.69, 9.17) is 0 Å². The first-order valence-electron chi connectivity index (χ1n) is 8.08. The van der Waals surface area contributed by atoms with Gasteiger partial charge in [-0.15, -0.1) is 0 Å². The number of aromatic nitrogens is 2. The molecule has 2 heterocycles. The minimum Gasteiger partial charge on any atom is -0.370 e. The Morgan fingerprint density at radius 1 is 1.20 bits per heavy atom. The van der Waals surface area contributed by atoms with Crippen molar-refractivity contribution in [2.45, 2.75) is 52.9 Å². The molecule has 0 aromatic carbocycles. The van der Waals surface area contributed by atoms with Crippen LogP contribution in [0.1, 0.15) is 52.0 Å². The molecule has 0 amide bonds. The fourth-order valence-electron chi connectivity index (χ4n) is 2.77. The molecule has 0 unspecified atom stereocenters. The van der Waals surface area contributed by atoms with Crippen molar-refractivity contribution in [1.82, 2.24) is 9.97 Å². The van der Waals surface area contributed by atoms with Crippen LogP contribution in [0, 0.1) is 5.92 Å². The summed E-state index contributed by atoms with van der Waals surface area (Å²) in [7, 11) is 0. The number of nitrogens with zero attached hydrogens (tertiary/aromatic N) is 3. The van der Waals surface area contributed by atoms with Crippen LogP contribution in [-0.2, 0) is 6.42 Å². The third kappa shape index (κ3) is 3.62. The molecule has 0 radical (unpaired) electrons. The second-order valence-electron chi connectivity index (χ2n) is 5.87. The molecule has 4 heteroatoms. The first-order chi connectivity index (χ1) is 9.76. The molecule has 1 aromatic heterocycles. The van der Waals surface area contributed by atoms with Gasteiger partial charge in [-0.25, -0.2) is 9.97 Å². The van der Waals surface area contributed by atoms with Gasteiger partial charge in [-0.3, -0.25) is 0 Å². The molecule has 1 aliphatic heterocycles. The molecule has 1 aliphatic rings. The van der Waals surface area contributed by atoms with Gasteiger partial charge in [0.05, 0.1) is 0 Å². The van der Waals surface area contributed by atoms with Crippen LogP contribution >= 0.6 is 0 Å². The van der Waals surface area contributed by atoms with E-state index < -0.39 is 0 Å². The lowest BCUT2D eigenvalue weighted by atomic mass is 9.98. The van der Waals surface area contributed by atoms with Crippen LogP contribution in [0.3, 0.4) is 0 Å². The maximum Gasteiger partial charge on any atom is 0.137 e. The summed E-state index contributed by atoms with van der Waals surface area (Å²) in [6, 6.07) is 0. The summed E-state index contributed by atoms with van der Waals surface area (Å²) in [6.45, 7) is 9.98. The largest absolute Gasteiger partial charge is 0.370 e. The van der Waals surface area contributed by atoms with Crippen LogP contribution in [-0.4, -0.2) is 29.6 Å². The highest BCUT2D eigenvalue weighted by molar-refractivity contribution is 5.59. The molecule has 1 aromatic rings. The SMILES string of the molecule is CCCNc1ncnc(N2CCC(C)CC2)c1CCC. The third-order valence-corrected chi connectivity index (χ3v) is 4.05. The molecule has 1 saturated heterocycles. The van der Waals surface area contributed by atoms with Gasteiger partial charge < -0.3 is 10.2 Å². The van der Waals surface area contributed by atoms with Crippen molar-refractivity contribution in [3.63, 3.8) is 0 Å². The molecular formula is C16H28N4. The molecule has 1 fully saturated rings. The Bertz CT molecular complexity index is 411. The van der Waals surface area contributed by atoms with Gasteiger partial charge in [0.2, 0.25) is 0 Å². The predicted molar refractivity (Wildman–Crippen MR) is 85.4 cm³/mol. The minimum absolute atomic E-state index is 0.848. The van der Waals surface area contributed by atoms with Crippen LogP contribution < -0.4 is 10.2 Å². The van der Waals surface area contributed by atoms with Crippen LogP contribution in [0.5, 0.6) is 0 Å². The van der Waals surface area contributed by atoms with Crippen molar-refractivity contribution < 1.29 is 0 Å². The van der Waals surface area contributed by atoms with Crippen LogP contribution in [0.25, 0.3) is 0 Å². The molecule has 20 heavy (non-hydrogen) atoms. The first kappa shape index (κ1) is 15.1. The van der Waals surface area contributed by atoms with Gasteiger partial charge in [-0.05, 0) is 31.6 Å². The Kier molecular flexibility index (Phi) is 5.62. The second kappa shape index (κ2) is 7.46. The standard InChI is InChI=1S/C16H28N4/c1-4-6-14-15(17-9-5-2)18-12-19-16(14)20-10-7-13(3)8-11-20/h12-13H,4-11H2,1-3H3,(H,17,18,19). The van der Waals surface area contributed by atoms with Crippen LogP contribution in [0.15, 0.2) is 6.33 Å². The van der Waals surface area contributed by atoms with E-state index in [0.717, 1.165) is 56.5 Å². The van der Waals surface area contributed by atoms with Crippen molar-refractivity contribution in [3.05, 3.63) is 11.9 Å². The highest BCUT2D eigenvalue weighted by Gasteiger charge is 2.21. The Hall–Kier alpha value is -1.32. The second-order valence-corrected chi connectivity index (χ2v) is 5.87. The van der Waals surface area contributed by atoms with E-state index in [1.807, 2.05) is 0 Å². The summed E-state index contributed by atoms with van der Waals surface area (Å²) >= 11 is 0. The van der Waals surface area contributed by atoms with Gasteiger partial charge in [-0.2, -0.15) is 0 Å². The lowest BCUT2D eigenvalue weighted by Crippen LogP contribution is -2.34. The van der Waals surface area contributed by atoms with Gasteiger partial charge in [0, 0.05) is 25.2 Å². The zero-order valence-electron chi connectivity index (χ0n) is 13.2. The van der Waals surface area contributed by atoms with Crippen LogP contribution in [0.4, 0.5) is 11.6 Å².